The predicted molar refractivity (Wildman–Crippen MR) is 90.6 cm³/mol. The van der Waals surface area contributed by atoms with Crippen LogP contribution in [0.4, 0.5) is 5.69 Å². The summed E-state index contributed by atoms with van der Waals surface area (Å²) in [5, 5.41) is 0. The average molecular weight is 311 g/mol. The maximum atomic E-state index is 13.2. The number of carbonyl (C=O) groups excluding carboxylic acids is 1. The Kier molecular flexibility index (Phi) is 4.24. The van der Waals surface area contributed by atoms with Crippen molar-refractivity contribution < 1.29 is 14.3 Å². The van der Waals surface area contributed by atoms with Crippen molar-refractivity contribution in [2.75, 3.05) is 19.1 Å². The first kappa shape index (κ1) is 15.4. The number of methoxy groups -OCH3 is 2. The number of carbonyl (C=O) groups is 1. The van der Waals surface area contributed by atoms with Crippen molar-refractivity contribution in [3.63, 3.8) is 0 Å². The molecule has 0 aromatic heterocycles. The molecule has 0 bridgehead atoms. The maximum absolute atomic E-state index is 13.2. The number of aryl methyl sites for hydroxylation is 1. The van der Waals surface area contributed by atoms with E-state index in [0.717, 1.165) is 18.5 Å². The third kappa shape index (κ3) is 2.77. The number of para-hydroxylation sites is 1. The van der Waals surface area contributed by atoms with E-state index in [1.807, 2.05) is 23.1 Å². The van der Waals surface area contributed by atoms with Crippen molar-refractivity contribution in [3.05, 3.63) is 53.6 Å². The van der Waals surface area contributed by atoms with Gasteiger partial charge in [-0.15, -0.1) is 0 Å². The zero-order valence-corrected chi connectivity index (χ0v) is 13.7. The third-order valence-corrected chi connectivity index (χ3v) is 4.38. The normalized spacial score (nSPS) is 16.7. The Balaban J connectivity index is 2.03. The number of benzene rings is 2. The smallest absolute Gasteiger partial charge is 0.262 e. The number of anilines is 1. The van der Waals surface area contributed by atoms with E-state index in [0.29, 0.717) is 17.1 Å². The molecule has 1 unspecified atom stereocenters. The van der Waals surface area contributed by atoms with E-state index in [-0.39, 0.29) is 11.9 Å². The van der Waals surface area contributed by atoms with Crippen molar-refractivity contribution in [2.45, 2.75) is 25.8 Å². The van der Waals surface area contributed by atoms with Crippen molar-refractivity contribution in [2.24, 2.45) is 0 Å². The summed E-state index contributed by atoms with van der Waals surface area (Å²) >= 11 is 0. The molecule has 0 saturated heterocycles. The van der Waals surface area contributed by atoms with Gasteiger partial charge in [0.25, 0.3) is 5.91 Å². The number of amides is 1. The molecule has 4 nitrogen and oxygen atoms in total. The monoisotopic (exact) mass is 311 g/mol. The summed E-state index contributed by atoms with van der Waals surface area (Å²) in [6, 6.07) is 13.6. The number of hydrogen-bond donors (Lipinski definition) is 0. The molecule has 2 aromatic carbocycles. The Morgan fingerprint density at radius 2 is 1.91 bits per heavy atom. The maximum Gasteiger partial charge on any atom is 0.262 e. The van der Waals surface area contributed by atoms with Crippen LogP contribution >= 0.6 is 0 Å². The van der Waals surface area contributed by atoms with E-state index in [1.165, 1.54) is 5.56 Å². The minimum absolute atomic E-state index is 0.0378. The fraction of sp³-hybridized carbons (Fsp3) is 0.316. The SMILES string of the molecule is COc1ccc(C(=O)N2c3ccccc3CCC2C)c(OC)c1. The molecule has 0 fully saturated rings. The Labute approximate surface area is 136 Å². The van der Waals surface area contributed by atoms with Gasteiger partial charge in [0.2, 0.25) is 0 Å². The first-order chi connectivity index (χ1) is 11.2. The fourth-order valence-corrected chi connectivity index (χ4v) is 3.10. The lowest BCUT2D eigenvalue weighted by atomic mass is 9.95. The van der Waals surface area contributed by atoms with E-state index in [1.54, 1.807) is 32.4 Å². The van der Waals surface area contributed by atoms with Gasteiger partial charge in [0.1, 0.15) is 11.5 Å². The largest absolute Gasteiger partial charge is 0.497 e. The van der Waals surface area contributed by atoms with Crippen LogP contribution in [-0.2, 0) is 6.42 Å². The number of nitrogens with zero attached hydrogens (tertiary/aromatic N) is 1. The molecular weight excluding hydrogens is 290 g/mol. The molecule has 23 heavy (non-hydrogen) atoms. The first-order valence-electron chi connectivity index (χ1n) is 7.79. The highest BCUT2D eigenvalue weighted by atomic mass is 16.5. The van der Waals surface area contributed by atoms with Gasteiger partial charge in [0.05, 0.1) is 19.8 Å². The highest BCUT2D eigenvalue weighted by molar-refractivity contribution is 6.09. The van der Waals surface area contributed by atoms with Gasteiger partial charge in [0, 0.05) is 17.8 Å². The van der Waals surface area contributed by atoms with Gasteiger partial charge in [-0.25, -0.2) is 0 Å². The minimum Gasteiger partial charge on any atom is -0.497 e. The van der Waals surface area contributed by atoms with Crippen LogP contribution in [0.3, 0.4) is 0 Å². The summed E-state index contributed by atoms with van der Waals surface area (Å²) in [4.78, 5) is 15.0. The van der Waals surface area contributed by atoms with Gasteiger partial charge >= 0.3 is 0 Å². The second-order valence-corrected chi connectivity index (χ2v) is 5.76. The molecule has 0 aliphatic carbocycles. The van der Waals surface area contributed by atoms with Crippen LogP contribution in [-0.4, -0.2) is 26.2 Å². The Morgan fingerprint density at radius 3 is 2.65 bits per heavy atom. The molecule has 1 aliphatic heterocycles. The van der Waals surface area contributed by atoms with Crippen LogP contribution in [0.5, 0.6) is 11.5 Å². The van der Waals surface area contributed by atoms with Crippen LogP contribution in [0.15, 0.2) is 42.5 Å². The summed E-state index contributed by atoms with van der Waals surface area (Å²) in [6.07, 6.45) is 1.96. The van der Waals surface area contributed by atoms with Crippen molar-refractivity contribution in [1.82, 2.24) is 0 Å². The molecule has 3 rings (SSSR count). The van der Waals surface area contributed by atoms with E-state index in [4.69, 9.17) is 9.47 Å². The minimum atomic E-state index is -0.0378. The molecule has 1 aliphatic rings. The van der Waals surface area contributed by atoms with Crippen molar-refractivity contribution in [1.29, 1.82) is 0 Å². The predicted octanol–water partition coefficient (Wildman–Crippen LogP) is 3.69. The van der Waals surface area contributed by atoms with Gasteiger partial charge in [-0.1, -0.05) is 18.2 Å². The highest BCUT2D eigenvalue weighted by Gasteiger charge is 2.30. The lowest BCUT2D eigenvalue weighted by Gasteiger charge is -2.35. The van der Waals surface area contributed by atoms with E-state index in [9.17, 15) is 4.79 Å². The summed E-state index contributed by atoms with van der Waals surface area (Å²) < 4.78 is 10.6. The first-order valence-corrected chi connectivity index (χ1v) is 7.79. The standard InChI is InChI=1S/C19H21NO3/c1-13-8-9-14-6-4-5-7-17(14)20(13)19(21)16-11-10-15(22-2)12-18(16)23-3/h4-7,10-13H,8-9H2,1-3H3. The summed E-state index contributed by atoms with van der Waals surface area (Å²) in [7, 11) is 3.17. The van der Waals surface area contributed by atoms with Crippen LogP contribution in [0.2, 0.25) is 0 Å². The zero-order valence-electron chi connectivity index (χ0n) is 13.7. The van der Waals surface area contributed by atoms with Crippen molar-refractivity contribution >= 4 is 11.6 Å². The summed E-state index contributed by atoms with van der Waals surface area (Å²) in [5.74, 6) is 1.17. The van der Waals surface area contributed by atoms with Gasteiger partial charge in [-0.2, -0.15) is 0 Å². The summed E-state index contributed by atoms with van der Waals surface area (Å²) in [5.41, 5.74) is 2.76. The fourth-order valence-electron chi connectivity index (χ4n) is 3.10. The molecule has 120 valence electrons. The average Bonchev–Trinajstić information content (AvgIpc) is 2.60. The van der Waals surface area contributed by atoms with Crippen LogP contribution in [0.1, 0.15) is 29.3 Å². The van der Waals surface area contributed by atoms with Crippen LogP contribution < -0.4 is 14.4 Å². The molecule has 1 amide bonds. The number of fused-ring (bicyclic) bond motifs is 1. The molecule has 0 radical (unpaired) electrons. The molecule has 1 heterocycles. The third-order valence-electron chi connectivity index (χ3n) is 4.38. The molecular formula is C19H21NO3. The molecule has 0 saturated carbocycles. The van der Waals surface area contributed by atoms with Gasteiger partial charge in [-0.05, 0) is 43.5 Å². The Bertz CT molecular complexity index is 726. The summed E-state index contributed by atoms with van der Waals surface area (Å²) in [6.45, 7) is 2.09. The zero-order chi connectivity index (χ0) is 16.4. The second-order valence-electron chi connectivity index (χ2n) is 5.76. The second kappa shape index (κ2) is 6.32. The van der Waals surface area contributed by atoms with E-state index in [2.05, 4.69) is 13.0 Å². The molecule has 1 atom stereocenters. The lowest BCUT2D eigenvalue weighted by molar-refractivity contribution is 0.0972. The number of rotatable bonds is 3. The van der Waals surface area contributed by atoms with Gasteiger partial charge in [-0.3, -0.25) is 4.79 Å². The van der Waals surface area contributed by atoms with Crippen LogP contribution in [0, 0.1) is 0 Å². The Morgan fingerprint density at radius 1 is 1.13 bits per heavy atom. The van der Waals surface area contributed by atoms with Gasteiger partial charge < -0.3 is 14.4 Å². The number of hydrogen-bond acceptors (Lipinski definition) is 3. The molecule has 2 aromatic rings. The van der Waals surface area contributed by atoms with Crippen molar-refractivity contribution in [3.8, 4) is 11.5 Å². The number of ether oxygens (including phenoxy) is 2. The highest BCUT2D eigenvalue weighted by Crippen LogP contribution is 2.34. The Hall–Kier alpha value is -2.49. The topological polar surface area (TPSA) is 38.8 Å². The molecule has 0 N–H and O–H groups in total. The van der Waals surface area contributed by atoms with Crippen LogP contribution in [0.25, 0.3) is 0 Å². The van der Waals surface area contributed by atoms with E-state index < -0.39 is 0 Å². The quantitative estimate of drug-likeness (QED) is 0.868. The molecule has 4 heteroatoms. The van der Waals surface area contributed by atoms with Gasteiger partial charge in [0.15, 0.2) is 0 Å². The van der Waals surface area contributed by atoms with E-state index >= 15 is 0 Å². The lowest BCUT2D eigenvalue weighted by Crippen LogP contribution is -2.42. The molecule has 0 spiro atoms.